The van der Waals surface area contributed by atoms with Gasteiger partial charge in [-0.2, -0.15) is 4.98 Å². The quantitative estimate of drug-likeness (QED) is 0.604. The van der Waals surface area contributed by atoms with Crippen molar-refractivity contribution in [1.82, 2.24) is 10.1 Å². The number of rotatable bonds is 2. The third kappa shape index (κ3) is 1.63. The molecule has 0 aliphatic heterocycles. The zero-order valence-corrected chi connectivity index (χ0v) is 6.79. The molecule has 0 saturated carbocycles. The molecule has 0 atom stereocenters. The van der Waals surface area contributed by atoms with E-state index in [1.165, 1.54) is 6.92 Å². The van der Waals surface area contributed by atoms with E-state index in [9.17, 15) is 4.79 Å². The zero-order valence-electron chi connectivity index (χ0n) is 6.79. The minimum absolute atomic E-state index is 0.161. The smallest absolute Gasteiger partial charge is 0.238 e. The average Bonchev–Trinajstić information content (AvgIpc) is 2.33. The van der Waals surface area contributed by atoms with Crippen LogP contribution >= 0.6 is 0 Å². The minimum atomic E-state index is -0.166. The van der Waals surface area contributed by atoms with Gasteiger partial charge in [0.1, 0.15) is 0 Å². The summed E-state index contributed by atoms with van der Waals surface area (Å²) in [7, 11) is 0. The first-order chi connectivity index (χ1) is 5.11. The molecule has 4 heteroatoms. The molecule has 0 saturated heterocycles. The number of Topliss-reactive ketones (excluding diaryl/α,β-unsaturated/α-hetero) is 1. The Morgan fingerprint density at radius 1 is 1.55 bits per heavy atom. The molecule has 0 radical (unpaired) electrons. The molecule has 0 aliphatic rings. The van der Waals surface area contributed by atoms with Gasteiger partial charge < -0.3 is 4.52 Å². The van der Waals surface area contributed by atoms with Crippen molar-refractivity contribution in [3.63, 3.8) is 0 Å². The van der Waals surface area contributed by atoms with E-state index in [0.717, 1.165) is 0 Å². The topological polar surface area (TPSA) is 56.0 Å². The minimum Gasteiger partial charge on any atom is -0.339 e. The number of carbonyl (C=O) groups is 1. The van der Waals surface area contributed by atoms with Crippen molar-refractivity contribution in [2.45, 2.75) is 26.7 Å². The van der Waals surface area contributed by atoms with E-state index in [0.29, 0.717) is 5.89 Å². The van der Waals surface area contributed by atoms with Crippen LogP contribution in [0.4, 0.5) is 0 Å². The summed E-state index contributed by atoms with van der Waals surface area (Å²) in [6, 6.07) is 0. The number of hydrogen-bond donors (Lipinski definition) is 0. The maximum atomic E-state index is 10.7. The van der Waals surface area contributed by atoms with Gasteiger partial charge in [0, 0.05) is 12.8 Å². The van der Waals surface area contributed by atoms with Crippen LogP contribution in [0.5, 0.6) is 0 Å². The molecule has 0 spiro atoms. The Morgan fingerprint density at radius 2 is 2.18 bits per heavy atom. The highest BCUT2D eigenvalue weighted by Gasteiger charge is 2.11. The first-order valence-corrected chi connectivity index (χ1v) is 3.46. The maximum absolute atomic E-state index is 10.7. The highest BCUT2D eigenvalue weighted by atomic mass is 16.5. The molecule has 0 fully saturated rings. The zero-order chi connectivity index (χ0) is 8.43. The molecule has 4 nitrogen and oxygen atoms in total. The molecule has 0 aromatic carbocycles. The van der Waals surface area contributed by atoms with Crippen molar-refractivity contribution in [1.29, 1.82) is 0 Å². The predicted octanol–water partition coefficient (Wildman–Crippen LogP) is 1.40. The van der Waals surface area contributed by atoms with Crippen LogP contribution in [0.1, 0.15) is 43.2 Å². The first kappa shape index (κ1) is 7.91. The Morgan fingerprint density at radius 3 is 2.45 bits per heavy atom. The first-order valence-electron chi connectivity index (χ1n) is 3.46. The van der Waals surface area contributed by atoms with Gasteiger partial charge in [-0.25, -0.2) is 0 Å². The molecule has 0 N–H and O–H groups in total. The van der Waals surface area contributed by atoms with Gasteiger partial charge in [0.05, 0.1) is 0 Å². The molecular weight excluding hydrogens is 144 g/mol. The summed E-state index contributed by atoms with van der Waals surface area (Å²) in [6.45, 7) is 5.27. The standard InChI is InChI=1S/C7H10N2O2/c1-4(2)7-8-6(5(3)10)9-11-7/h4H,1-3H3. The summed E-state index contributed by atoms with van der Waals surface area (Å²) in [6.07, 6.45) is 0. The van der Waals surface area contributed by atoms with E-state index >= 15 is 0 Å². The summed E-state index contributed by atoms with van der Waals surface area (Å²) in [5.74, 6) is 0.681. The van der Waals surface area contributed by atoms with Crippen LogP contribution in [0.2, 0.25) is 0 Å². The van der Waals surface area contributed by atoms with Gasteiger partial charge in [-0.1, -0.05) is 19.0 Å². The number of hydrogen-bond acceptors (Lipinski definition) is 4. The van der Waals surface area contributed by atoms with Gasteiger partial charge >= 0.3 is 0 Å². The van der Waals surface area contributed by atoms with Crippen LogP contribution in [0.25, 0.3) is 0 Å². The SMILES string of the molecule is CC(=O)c1noc(C(C)C)n1. The Hall–Kier alpha value is -1.19. The molecule has 11 heavy (non-hydrogen) atoms. The van der Waals surface area contributed by atoms with E-state index < -0.39 is 0 Å². The van der Waals surface area contributed by atoms with Gasteiger partial charge in [0.25, 0.3) is 0 Å². The molecular formula is C7H10N2O2. The summed E-state index contributed by atoms with van der Waals surface area (Å²) < 4.78 is 4.81. The fourth-order valence-electron chi connectivity index (χ4n) is 0.613. The molecule has 0 unspecified atom stereocenters. The van der Waals surface area contributed by atoms with Crippen molar-refractivity contribution in [3.8, 4) is 0 Å². The van der Waals surface area contributed by atoms with E-state index in [2.05, 4.69) is 10.1 Å². The number of carbonyl (C=O) groups excluding carboxylic acids is 1. The van der Waals surface area contributed by atoms with Crippen LogP contribution in [-0.4, -0.2) is 15.9 Å². The number of ketones is 1. The Kier molecular flexibility index (Phi) is 2.03. The third-order valence-corrected chi connectivity index (χ3v) is 1.25. The second-order valence-corrected chi connectivity index (χ2v) is 2.67. The van der Waals surface area contributed by atoms with E-state index in [4.69, 9.17) is 4.52 Å². The Labute approximate surface area is 64.6 Å². The van der Waals surface area contributed by atoms with Crippen LogP contribution in [0.15, 0.2) is 4.52 Å². The van der Waals surface area contributed by atoms with Crippen molar-refractivity contribution in [2.75, 3.05) is 0 Å². The van der Waals surface area contributed by atoms with Crippen LogP contribution < -0.4 is 0 Å². The van der Waals surface area contributed by atoms with Gasteiger partial charge in [-0.15, -0.1) is 0 Å². The molecule has 1 heterocycles. The van der Waals surface area contributed by atoms with Crippen molar-refractivity contribution in [3.05, 3.63) is 11.7 Å². The lowest BCUT2D eigenvalue weighted by Gasteiger charge is -1.91. The second-order valence-electron chi connectivity index (χ2n) is 2.67. The Bertz CT molecular complexity index is 265. The summed E-state index contributed by atoms with van der Waals surface area (Å²) in [4.78, 5) is 14.6. The lowest BCUT2D eigenvalue weighted by molar-refractivity contribution is 0.100. The van der Waals surface area contributed by atoms with Crippen molar-refractivity contribution in [2.24, 2.45) is 0 Å². The van der Waals surface area contributed by atoms with Crippen molar-refractivity contribution >= 4 is 5.78 Å². The van der Waals surface area contributed by atoms with Crippen LogP contribution in [-0.2, 0) is 0 Å². The predicted molar refractivity (Wildman–Crippen MR) is 38.4 cm³/mol. The van der Waals surface area contributed by atoms with Gasteiger partial charge in [0.2, 0.25) is 17.5 Å². The normalized spacial score (nSPS) is 10.5. The molecule has 1 aromatic heterocycles. The van der Waals surface area contributed by atoms with E-state index in [1.54, 1.807) is 0 Å². The third-order valence-electron chi connectivity index (χ3n) is 1.25. The lowest BCUT2D eigenvalue weighted by atomic mass is 10.2. The average molecular weight is 154 g/mol. The molecule has 0 amide bonds. The molecule has 0 aliphatic carbocycles. The number of aromatic nitrogens is 2. The summed E-state index contributed by atoms with van der Waals surface area (Å²) in [5.41, 5.74) is 0. The van der Waals surface area contributed by atoms with E-state index in [1.807, 2.05) is 13.8 Å². The Balaban J connectivity index is 2.90. The maximum Gasteiger partial charge on any atom is 0.238 e. The van der Waals surface area contributed by atoms with Gasteiger partial charge in [-0.05, 0) is 0 Å². The van der Waals surface area contributed by atoms with Crippen LogP contribution in [0, 0.1) is 0 Å². The fourth-order valence-corrected chi connectivity index (χ4v) is 0.613. The fraction of sp³-hybridized carbons (Fsp3) is 0.571. The van der Waals surface area contributed by atoms with Crippen molar-refractivity contribution < 1.29 is 9.32 Å². The molecule has 0 bridgehead atoms. The molecule has 1 aromatic rings. The monoisotopic (exact) mass is 154 g/mol. The summed E-state index contributed by atoms with van der Waals surface area (Å²) >= 11 is 0. The van der Waals surface area contributed by atoms with Crippen LogP contribution in [0.3, 0.4) is 0 Å². The number of nitrogens with zero attached hydrogens (tertiary/aromatic N) is 2. The highest BCUT2D eigenvalue weighted by molar-refractivity contribution is 5.89. The molecule has 60 valence electrons. The van der Waals surface area contributed by atoms with Gasteiger partial charge in [-0.3, -0.25) is 4.79 Å². The largest absolute Gasteiger partial charge is 0.339 e. The molecule has 1 rings (SSSR count). The van der Waals surface area contributed by atoms with Gasteiger partial charge in [0.15, 0.2) is 0 Å². The highest BCUT2D eigenvalue weighted by Crippen LogP contribution is 2.10. The van der Waals surface area contributed by atoms with E-state index in [-0.39, 0.29) is 17.5 Å². The lowest BCUT2D eigenvalue weighted by Crippen LogP contribution is -1.95. The second kappa shape index (κ2) is 2.82. The summed E-state index contributed by atoms with van der Waals surface area (Å²) in [5, 5.41) is 3.50.